The lowest BCUT2D eigenvalue weighted by molar-refractivity contribution is -0.134. The Kier molecular flexibility index (Phi) is 3.96. The summed E-state index contributed by atoms with van der Waals surface area (Å²) >= 11 is 1.55. The number of hydrogen-bond donors (Lipinski definition) is 1. The van der Waals surface area contributed by atoms with Crippen LogP contribution in [-0.2, 0) is 16.1 Å². The molecule has 0 aliphatic carbocycles. The highest BCUT2D eigenvalue weighted by Crippen LogP contribution is 2.15. The van der Waals surface area contributed by atoms with E-state index in [0.29, 0.717) is 25.9 Å². The topological polar surface area (TPSA) is 62.3 Å². The number of aromatic nitrogens is 1. The predicted octanol–water partition coefficient (Wildman–Crippen LogP) is 1.08. The zero-order chi connectivity index (χ0) is 13.1. The number of thiazole rings is 1. The van der Waals surface area contributed by atoms with Crippen molar-refractivity contribution in [3.8, 4) is 0 Å². The van der Waals surface area contributed by atoms with Crippen LogP contribution in [0.5, 0.6) is 0 Å². The lowest BCUT2D eigenvalue weighted by atomic mass is 10.2. The fourth-order valence-electron chi connectivity index (χ4n) is 1.97. The highest BCUT2D eigenvalue weighted by molar-refractivity contribution is 7.09. The van der Waals surface area contributed by atoms with Crippen LogP contribution in [0.15, 0.2) is 5.38 Å². The van der Waals surface area contributed by atoms with Gasteiger partial charge in [-0.05, 0) is 13.3 Å². The van der Waals surface area contributed by atoms with Crippen molar-refractivity contribution in [2.75, 3.05) is 6.54 Å². The number of nitrogens with zero attached hydrogens (tertiary/aromatic N) is 2. The van der Waals surface area contributed by atoms with Gasteiger partial charge in [0.25, 0.3) is 0 Å². The number of nitrogens with one attached hydrogen (secondary N) is 1. The molecule has 1 aliphatic heterocycles. The van der Waals surface area contributed by atoms with Crippen molar-refractivity contribution in [1.82, 2.24) is 15.2 Å². The minimum Gasteiger partial charge on any atom is -0.344 e. The van der Waals surface area contributed by atoms with Crippen molar-refractivity contribution in [3.05, 3.63) is 16.1 Å². The molecule has 1 aromatic heterocycles. The molecule has 6 heteroatoms. The molecule has 5 nitrogen and oxygen atoms in total. The maximum atomic E-state index is 12.2. The molecule has 2 rings (SSSR count). The van der Waals surface area contributed by atoms with Crippen molar-refractivity contribution >= 4 is 23.2 Å². The molecule has 98 valence electrons. The van der Waals surface area contributed by atoms with E-state index >= 15 is 0 Å². The van der Waals surface area contributed by atoms with E-state index in [1.165, 1.54) is 0 Å². The van der Waals surface area contributed by atoms with Crippen LogP contribution >= 0.6 is 11.3 Å². The first-order valence-corrected chi connectivity index (χ1v) is 6.97. The lowest BCUT2D eigenvalue weighted by Crippen LogP contribution is -2.43. The molecule has 18 heavy (non-hydrogen) atoms. The van der Waals surface area contributed by atoms with Crippen LogP contribution in [0, 0.1) is 6.92 Å². The van der Waals surface area contributed by atoms with E-state index in [2.05, 4.69) is 10.3 Å². The molecule has 1 atom stereocenters. The second kappa shape index (κ2) is 5.48. The molecule has 1 aromatic rings. The van der Waals surface area contributed by atoms with E-state index < -0.39 is 0 Å². The van der Waals surface area contributed by atoms with Crippen LogP contribution in [0.3, 0.4) is 0 Å². The Morgan fingerprint density at radius 3 is 2.94 bits per heavy atom. The van der Waals surface area contributed by atoms with E-state index in [0.717, 1.165) is 10.7 Å². The average Bonchev–Trinajstić information content (AvgIpc) is 2.70. The first kappa shape index (κ1) is 13.0. The fourth-order valence-corrected chi connectivity index (χ4v) is 2.75. The zero-order valence-electron chi connectivity index (χ0n) is 10.6. The molecule has 1 saturated heterocycles. The molecule has 2 heterocycles. The number of aryl methyl sites for hydroxylation is 1. The minimum atomic E-state index is -0.388. The van der Waals surface area contributed by atoms with Gasteiger partial charge >= 0.3 is 0 Å². The normalized spacial score (nSPS) is 20.8. The Balaban J connectivity index is 2.10. The summed E-state index contributed by atoms with van der Waals surface area (Å²) in [6, 6.07) is -0.388. The lowest BCUT2D eigenvalue weighted by Gasteiger charge is -2.22. The molecular formula is C12H17N3O2S. The molecule has 1 unspecified atom stereocenters. The van der Waals surface area contributed by atoms with Gasteiger partial charge in [0.2, 0.25) is 11.8 Å². The monoisotopic (exact) mass is 267 g/mol. The maximum absolute atomic E-state index is 12.2. The average molecular weight is 267 g/mol. The fraction of sp³-hybridized carbons (Fsp3) is 0.583. The molecule has 0 radical (unpaired) electrons. The van der Waals surface area contributed by atoms with Gasteiger partial charge in [-0.15, -0.1) is 11.3 Å². The van der Waals surface area contributed by atoms with Crippen LogP contribution in [0.1, 0.15) is 30.5 Å². The van der Waals surface area contributed by atoms with Crippen molar-refractivity contribution in [3.63, 3.8) is 0 Å². The number of carbonyl (C=O) groups excluding carboxylic acids is 2. The third-order valence-electron chi connectivity index (χ3n) is 2.95. The first-order valence-electron chi connectivity index (χ1n) is 6.09. The quantitative estimate of drug-likeness (QED) is 0.891. The van der Waals surface area contributed by atoms with E-state index in [-0.39, 0.29) is 17.9 Å². The van der Waals surface area contributed by atoms with Gasteiger partial charge in [-0.1, -0.05) is 6.92 Å². The Hall–Kier alpha value is -1.43. The van der Waals surface area contributed by atoms with Crippen LogP contribution < -0.4 is 5.32 Å². The SMILES string of the molecule is CCC1NC(=O)CCN(Cc2nc(C)cs2)C1=O. The molecule has 1 fully saturated rings. The summed E-state index contributed by atoms with van der Waals surface area (Å²) in [5, 5.41) is 5.64. The van der Waals surface area contributed by atoms with Gasteiger partial charge in [0, 0.05) is 24.0 Å². The van der Waals surface area contributed by atoms with Crippen LogP contribution in [0.25, 0.3) is 0 Å². The smallest absolute Gasteiger partial charge is 0.245 e. The second-order valence-electron chi connectivity index (χ2n) is 4.42. The number of hydrogen-bond acceptors (Lipinski definition) is 4. The molecule has 0 bridgehead atoms. The Labute approximate surface area is 110 Å². The molecule has 2 amide bonds. The molecule has 0 aromatic carbocycles. The zero-order valence-corrected chi connectivity index (χ0v) is 11.4. The second-order valence-corrected chi connectivity index (χ2v) is 5.36. The number of rotatable bonds is 3. The highest BCUT2D eigenvalue weighted by atomic mass is 32.1. The van der Waals surface area contributed by atoms with E-state index in [1.807, 2.05) is 19.2 Å². The van der Waals surface area contributed by atoms with Gasteiger partial charge in [-0.3, -0.25) is 9.59 Å². The predicted molar refractivity (Wildman–Crippen MR) is 69.1 cm³/mol. The highest BCUT2D eigenvalue weighted by Gasteiger charge is 2.28. The van der Waals surface area contributed by atoms with Gasteiger partial charge < -0.3 is 10.2 Å². The van der Waals surface area contributed by atoms with E-state index in [4.69, 9.17) is 0 Å². The van der Waals surface area contributed by atoms with E-state index in [1.54, 1.807) is 16.2 Å². The summed E-state index contributed by atoms with van der Waals surface area (Å²) in [5.74, 6) is -0.0516. The molecule has 0 saturated carbocycles. The minimum absolute atomic E-state index is 0.00352. The molecule has 1 N–H and O–H groups in total. The largest absolute Gasteiger partial charge is 0.344 e. The molecule has 0 spiro atoms. The van der Waals surface area contributed by atoms with Crippen LogP contribution in [-0.4, -0.2) is 34.3 Å². The summed E-state index contributed by atoms with van der Waals surface area (Å²) in [5.41, 5.74) is 0.971. The summed E-state index contributed by atoms with van der Waals surface area (Å²) in [6.45, 7) is 4.81. The summed E-state index contributed by atoms with van der Waals surface area (Å²) in [6.07, 6.45) is 0.991. The van der Waals surface area contributed by atoms with Crippen molar-refractivity contribution < 1.29 is 9.59 Å². The van der Waals surface area contributed by atoms with Gasteiger partial charge in [-0.25, -0.2) is 4.98 Å². The van der Waals surface area contributed by atoms with E-state index in [9.17, 15) is 9.59 Å². The summed E-state index contributed by atoms with van der Waals surface area (Å²) in [7, 11) is 0. The van der Waals surface area contributed by atoms with Crippen molar-refractivity contribution in [1.29, 1.82) is 0 Å². The Morgan fingerprint density at radius 1 is 1.56 bits per heavy atom. The standard InChI is InChI=1S/C12H17N3O2S/c1-3-9-12(17)15(5-4-10(16)14-9)6-11-13-8(2)7-18-11/h7,9H,3-6H2,1-2H3,(H,14,16). The number of amides is 2. The summed E-state index contributed by atoms with van der Waals surface area (Å²) in [4.78, 5) is 29.8. The van der Waals surface area contributed by atoms with Gasteiger partial charge in [0.1, 0.15) is 11.0 Å². The Bertz CT molecular complexity index is 458. The van der Waals surface area contributed by atoms with Gasteiger partial charge in [0.15, 0.2) is 0 Å². The third kappa shape index (κ3) is 2.87. The maximum Gasteiger partial charge on any atom is 0.245 e. The van der Waals surface area contributed by atoms with Gasteiger partial charge in [-0.2, -0.15) is 0 Å². The first-order chi connectivity index (χ1) is 8.60. The number of carbonyl (C=O) groups is 2. The Morgan fingerprint density at radius 2 is 2.33 bits per heavy atom. The third-order valence-corrected chi connectivity index (χ3v) is 3.91. The molecular weight excluding hydrogens is 250 g/mol. The molecule has 1 aliphatic rings. The van der Waals surface area contributed by atoms with Crippen LogP contribution in [0.2, 0.25) is 0 Å². The summed E-state index contributed by atoms with van der Waals surface area (Å²) < 4.78 is 0. The van der Waals surface area contributed by atoms with Gasteiger partial charge in [0.05, 0.1) is 6.54 Å². The van der Waals surface area contributed by atoms with Crippen molar-refractivity contribution in [2.45, 2.75) is 39.3 Å². The van der Waals surface area contributed by atoms with Crippen LogP contribution in [0.4, 0.5) is 0 Å². The van der Waals surface area contributed by atoms with Crippen molar-refractivity contribution in [2.24, 2.45) is 0 Å².